The highest BCUT2D eigenvalue weighted by molar-refractivity contribution is 8.00. The van der Waals surface area contributed by atoms with Crippen LogP contribution in [0, 0.1) is 5.92 Å². The topological polar surface area (TPSA) is 24.1 Å². The van der Waals surface area contributed by atoms with Gasteiger partial charge in [-0.1, -0.05) is 18.0 Å². The summed E-state index contributed by atoms with van der Waals surface area (Å²) < 4.78 is 3.46. The Balaban J connectivity index is 1.60. The van der Waals surface area contributed by atoms with Crippen LogP contribution in [-0.4, -0.2) is 12.3 Å². The number of fused-ring (bicyclic) bond motifs is 1. The van der Waals surface area contributed by atoms with Crippen LogP contribution in [0.4, 0.5) is 5.69 Å². The van der Waals surface area contributed by atoms with Crippen molar-refractivity contribution in [3.63, 3.8) is 0 Å². The van der Waals surface area contributed by atoms with Crippen molar-refractivity contribution < 1.29 is 0 Å². The molecule has 0 unspecified atom stereocenters. The molecule has 3 heteroatoms. The third-order valence-electron chi connectivity index (χ3n) is 3.30. The fourth-order valence-corrected chi connectivity index (χ4v) is 3.01. The number of rotatable bonds is 4. The SMILES string of the molecule is c1cc2c(cc1NSCC1CC1)CCNC2. The Hall–Kier alpha value is -0.670. The van der Waals surface area contributed by atoms with Gasteiger partial charge in [0.1, 0.15) is 0 Å². The van der Waals surface area contributed by atoms with E-state index in [1.807, 2.05) is 11.9 Å². The fourth-order valence-electron chi connectivity index (χ4n) is 2.07. The molecule has 1 heterocycles. The van der Waals surface area contributed by atoms with E-state index in [2.05, 4.69) is 28.2 Å². The zero-order valence-electron chi connectivity index (χ0n) is 9.46. The maximum absolute atomic E-state index is 3.46. The predicted octanol–water partition coefficient (Wildman–Crippen LogP) is 2.80. The number of anilines is 1. The molecule has 2 nitrogen and oxygen atoms in total. The lowest BCUT2D eigenvalue weighted by Gasteiger charge is -2.18. The zero-order valence-corrected chi connectivity index (χ0v) is 10.3. The van der Waals surface area contributed by atoms with E-state index < -0.39 is 0 Å². The van der Waals surface area contributed by atoms with Crippen molar-refractivity contribution in [1.82, 2.24) is 5.32 Å². The summed E-state index contributed by atoms with van der Waals surface area (Å²) in [6.07, 6.45) is 4.03. The van der Waals surface area contributed by atoms with Gasteiger partial charge in [-0.3, -0.25) is 0 Å². The lowest BCUT2D eigenvalue weighted by molar-refractivity contribution is 0.644. The molecule has 16 heavy (non-hydrogen) atoms. The Morgan fingerprint density at radius 1 is 1.31 bits per heavy atom. The van der Waals surface area contributed by atoms with Gasteiger partial charge in [-0.05, 0) is 55.0 Å². The molecule has 1 aromatic rings. The summed E-state index contributed by atoms with van der Waals surface area (Å²) in [5.41, 5.74) is 4.24. The highest BCUT2D eigenvalue weighted by Gasteiger charge is 2.20. The van der Waals surface area contributed by atoms with E-state index in [1.54, 1.807) is 0 Å². The normalized spacial score (nSPS) is 19.2. The molecule has 1 fully saturated rings. The second kappa shape index (κ2) is 4.68. The van der Waals surface area contributed by atoms with Crippen molar-refractivity contribution in [2.24, 2.45) is 5.92 Å². The van der Waals surface area contributed by atoms with Crippen LogP contribution in [0.3, 0.4) is 0 Å². The van der Waals surface area contributed by atoms with Gasteiger partial charge < -0.3 is 10.0 Å². The molecule has 1 aliphatic carbocycles. The third kappa shape index (κ3) is 2.53. The molecule has 3 rings (SSSR count). The molecule has 0 amide bonds. The summed E-state index contributed by atoms with van der Waals surface area (Å²) in [5.74, 6) is 2.25. The first kappa shape index (κ1) is 10.5. The van der Waals surface area contributed by atoms with Crippen LogP contribution in [0.15, 0.2) is 18.2 Å². The second-order valence-corrected chi connectivity index (χ2v) is 5.59. The van der Waals surface area contributed by atoms with Crippen molar-refractivity contribution in [2.45, 2.75) is 25.8 Å². The Morgan fingerprint density at radius 2 is 2.25 bits per heavy atom. The first-order valence-corrected chi connectivity index (χ1v) is 7.11. The van der Waals surface area contributed by atoms with Gasteiger partial charge in [0.15, 0.2) is 0 Å². The fraction of sp³-hybridized carbons (Fsp3) is 0.538. The molecule has 0 atom stereocenters. The lowest BCUT2D eigenvalue weighted by Crippen LogP contribution is -2.23. The van der Waals surface area contributed by atoms with Crippen LogP contribution >= 0.6 is 11.9 Å². The van der Waals surface area contributed by atoms with Gasteiger partial charge in [-0.15, -0.1) is 0 Å². The summed E-state index contributed by atoms with van der Waals surface area (Å²) >= 11 is 1.86. The maximum atomic E-state index is 3.46. The highest BCUT2D eigenvalue weighted by Crippen LogP contribution is 2.32. The number of hydrogen-bond acceptors (Lipinski definition) is 3. The van der Waals surface area contributed by atoms with E-state index in [9.17, 15) is 0 Å². The van der Waals surface area contributed by atoms with Crippen LogP contribution in [0.25, 0.3) is 0 Å². The summed E-state index contributed by atoms with van der Waals surface area (Å²) in [6, 6.07) is 6.77. The molecular weight excluding hydrogens is 216 g/mol. The van der Waals surface area contributed by atoms with Crippen molar-refractivity contribution in [1.29, 1.82) is 0 Å². The number of benzene rings is 1. The predicted molar refractivity (Wildman–Crippen MR) is 70.7 cm³/mol. The van der Waals surface area contributed by atoms with Crippen LogP contribution in [0.2, 0.25) is 0 Å². The Morgan fingerprint density at radius 3 is 3.12 bits per heavy atom. The van der Waals surface area contributed by atoms with E-state index in [1.165, 1.54) is 35.4 Å². The van der Waals surface area contributed by atoms with Crippen molar-refractivity contribution in [3.05, 3.63) is 29.3 Å². The van der Waals surface area contributed by atoms with Crippen molar-refractivity contribution >= 4 is 17.6 Å². The molecule has 0 saturated heterocycles. The minimum Gasteiger partial charge on any atom is -0.330 e. The van der Waals surface area contributed by atoms with Gasteiger partial charge in [-0.25, -0.2) is 0 Å². The summed E-state index contributed by atoms with van der Waals surface area (Å²) in [5, 5.41) is 3.40. The molecule has 86 valence electrons. The molecule has 0 radical (unpaired) electrons. The first-order chi connectivity index (χ1) is 7.92. The molecule has 0 bridgehead atoms. The molecule has 1 aromatic carbocycles. The van der Waals surface area contributed by atoms with E-state index in [4.69, 9.17) is 0 Å². The van der Waals surface area contributed by atoms with Gasteiger partial charge in [-0.2, -0.15) is 0 Å². The van der Waals surface area contributed by atoms with Crippen molar-refractivity contribution in [2.75, 3.05) is 17.0 Å². The van der Waals surface area contributed by atoms with Gasteiger partial charge in [0.2, 0.25) is 0 Å². The van der Waals surface area contributed by atoms with Crippen LogP contribution in [0.5, 0.6) is 0 Å². The summed E-state index contributed by atoms with van der Waals surface area (Å²) in [7, 11) is 0. The Bertz CT molecular complexity index is 374. The molecule has 2 aliphatic rings. The highest BCUT2D eigenvalue weighted by atomic mass is 32.2. The molecular formula is C13H18N2S. The first-order valence-electron chi connectivity index (χ1n) is 6.12. The van der Waals surface area contributed by atoms with E-state index in [0.717, 1.165) is 25.4 Å². The average Bonchev–Trinajstić information content (AvgIpc) is 3.13. The van der Waals surface area contributed by atoms with Crippen LogP contribution in [-0.2, 0) is 13.0 Å². The Kier molecular flexibility index (Phi) is 3.06. The smallest absolute Gasteiger partial charge is 0.0442 e. The minimum atomic E-state index is 0.985. The van der Waals surface area contributed by atoms with E-state index >= 15 is 0 Å². The molecule has 1 aliphatic heterocycles. The second-order valence-electron chi connectivity index (χ2n) is 4.77. The lowest BCUT2D eigenvalue weighted by atomic mass is 10.0. The van der Waals surface area contributed by atoms with Gasteiger partial charge in [0.25, 0.3) is 0 Å². The maximum Gasteiger partial charge on any atom is 0.0442 e. The summed E-state index contributed by atoms with van der Waals surface area (Å²) in [6.45, 7) is 2.15. The molecule has 0 spiro atoms. The van der Waals surface area contributed by atoms with E-state index in [-0.39, 0.29) is 0 Å². The summed E-state index contributed by atoms with van der Waals surface area (Å²) in [4.78, 5) is 0. The standard InChI is InChI=1S/C13H18N2S/c1-2-10(1)9-16-15-13-4-3-12-8-14-6-5-11(12)7-13/h3-4,7,10,14-15H,1-2,5-6,8-9H2. The zero-order chi connectivity index (χ0) is 10.8. The minimum absolute atomic E-state index is 0.985. The Labute approximate surface area is 101 Å². The van der Waals surface area contributed by atoms with Crippen molar-refractivity contribution in [3.8, 4) is 0 Å². The molecule has 2 N–H and O–H groups in total. The largest absolute Gasteiger partial charge is 0.330 e. The third-order valence-corrected chi connectivity index (χ3v) is 4.32. The average molecular weight is 234 g/mol. The van der Waals surface area contributed by atoms with Crippen LogP contribution in [0.1, 0.15) is 24.0 Å². The van der Waals surface area contributed by atoms with Gasteiger partial charge in [0.05, 0.1) is 0 Å². The quantitative estimate of drug-likeness (QED) is 0.783. The molecule has 1 saturated carbocycles. The monoisotopic (exact) mass is 234 g/mol. The van der Waals surface area contributed by atoms with Gasteiger partial charge >= 0.3 is 0 Å². The van der Waals surface area contributed by atoms with Crippen LogP contribution < -0.4 is 10.0 Å². The number of nitrogens with one attached hydrogen (secondary N) is 2. The van der Waals surface area contributed by atoms with Gasteiger partial charge in [0, 0.05) is 18.0 Å². The molecule has 0 aromatic heterocycles. The number of hydrogen-bond donors (Lipinski definition) is 2. The van der Waals surface area contributed by atoms with E-state index in [0.29, 0.717) is 0 Å².